The van der Waals surface area contributed by atoms with Crippen LogP contribution >= 0.6 is 11.8 Å². The Bertz CT molecular complexity index is 590. The van der Waals surface area contributed by atoms with Crippen molar-refractivity contribution in [3.63, 3.8) is 0 Å². The monoisotopic (exact) mass is 290 g/mol. The Balaban J connectivity index is 2.09. The molecule has 0 aliphatic rings. The summed E-state index contributed by atoms with van der Waals surface area (Å²) < 4.78 is 10.3. The van der Waals surface area contributed by atoms with Gasteiger partial charge in [-0.1, -0.05) is 11.8 Å². The largest absolute Gasteiger partial charge is 0.497 e. The Morgan fingerprint density at radius 3 is 2.60 bits per heavy atom. The number of benzene rings is 1. The second-order valence-electron chi connectivity index (χ2n) is 3.81. The van der Waals surface area contributed by atoms with Crippen molar-refractivity contribution >= 4 is 17.5 Å². The second-order valence-corrected chi connectivity index (χ2v) is 4.75. The van der Waals surface area contributed by atoms with Crippen molar-refractivity contribution in [1.29, 1.82) is 0 Å². The SMILES string of the molecule is COc1ccc(C(=O)CSc2ncccn2)c(OC)c1. The number of ketones is 1. The lowest BCUT2D eigenvalue weighted by atomic mass is 10.1. The number of aromatic nitrogens is 2. The topological polar surface area (TPSA) is 61.3 Å². The Morgan fingerprint density at radius 1 is 1.20 bits per heavy atom. The van der Waals surface area contributed by atoms with E-state index in [9.17, 15) is 4.79 Å². The third-order valence-corrected chi connectivity index (χ3v) is 3.46. The van der Waals surface area contributed by atoms with Gasteiger partial charge in [0.25, 0.3) is 0 Å². The molecule has 0 saturated heterocycles. The van der Waals surface area contributed by atoms with Gasteiger partial charge < -0.3 is 9.47 Å². The van der Waals surface area contributed by atoms with Crippen molar-refractivity contribution in [2.75, 3.05) is 20.0 Å². The first-order valence-corrected chi connectivity index (χ1v) is 6.88. The first kappa shape index (κ1) is 14.3. The molecule has 1 heterocycles. The summed E-state index contributed by atoms with van der Waals surface area (Å²) in [5, 5.41) is 0.577. The van der Waals surface area contributed by atoms with Crippen molar-refractivity contribution in [1.82, 2.24) is 9.97 Å². The fourth-order valence-electron chi connectivity index (χ4n) is 1.60. The van der Waals surface area contributed by atoms with Crippen LogP contribution in [0.3, 0.4) is 0 Å². The highest BCUT2D eigenvalue weighted by Gasteiger charge is 2.14. The summed E-state index contributed by atoms with van der Waals surface area (Å²) in [5.41, 5.74) is 0.525. The summed E-state index contributed by atoms with van der Waals surface area (Å²) in [6, 6.07) is 6.86. The average Bonchev–Trinajstić information content (AvgIpc) is 2.52. The Morgan fingerprint density at radius 2 is 1.95 bits per heavy atom. The quantitative estimate of drug-likeness (QED) is 0.463. The van der Waals surface area contributed by atoms with Crippen LogP contribution in [0.5, 0.6) is 11.5 Å². The van der Waals surface area contributed by atoms with Crippen LogP contribution in [-0.2, 0) is 0 Å². The van der Waals surface area contributed by atoms with Crippen molar-refractivity contribution in [3.05, 3.63) is 42.2 Å². The van der Waals surface area contributed by atoms with Crippen LogP contribution in [0.1, 0.15) is 10.4 Å². The van der Waals surface area contributed by atoms with E-state index in [1.165, 1.54) is 18.9 Å². The molecule has 20 heavy (non-hydrogen) atoms. The molecule has 0 atom stereocenters. The van der Waals surface area contributed by atoms with Crippen molar-refractivity contribution in [2.45, 2.75) is 5.16 Å². The lowest BCUT2D eigenvalue weighted by Crippen LogP contribution is -2.05. The molecule has 0 fully saturated rings. The van der Waals surface area contributed by atoms with Gasteiger partial charge >= 0.3 is 0 Å². The summed E-state index contributed by atoms with van der Waals surface area (Å²) in [6.45, 7) is 0. The number of hydrogen-bond donors (Lipinski definition) is 0. The van der Waals surface area contributed by atoms with Crippen molar-refractivity contribution in [3.8, 4) is 11.5 Å². The first-order valence-electron chi connectivity index (χ1n) is 5.89. The first-order chi connectivity index (χ1) is 9.74. The minimum Gasteiger partial charge on any atom is -0.497 e. The van der Waals surface area contributed by atoms with Crippen molar-refractivity contribution in [2.24, 2.45) is 0 Å². The van der Waals surface area contributed by atoms with Crippen LogP contribution < -0.4 is 9.47 Å². The number of ether oxygens (including phenoxy) is 2. The summed E-state index contributed by atoms with van der Waals surface area (Å²) in [5.74, 6) is 1.37. The Kier molecular flexibility index (Phi) is 4.95. The number of carbonyl (C=O) groups excluding carboxylic acids is 1. The highest BCUT2D eigenvalue weighted by molar-refractivity contribution is 7.99. The fourth-order valence-corrected chi connectivity index (χ4v) is 2.28. The van der Waals surface area contributed by atoms with Gasteiger partial charge in [0.1, 0.15) is 11.5 Å². The Hall–Kier alpha value is -2.08. The van der Waals surface area contributed by atoms with E-state index < -0.39 is 0 Å². The van der Waals surface area contributed by atoms with Gasteiger partial charge in [-0.2, -0.15) is 0 Å². The van der Waals surface area contributed by atoms with Crippen LogP contribution in [0.15, 0.2) is 41.8 Å². The molecule has 0 amide bonds. The average molecular weight is 290 g/mol. The number of rotatable bonds is 6. The number of nitrogens with zero attached hydrogens (tertiary/aromatic N) is 2. The smallest absolute Gasteiger partial charge is 0.187 e. The van der Waals surface area contributed by atoms with E-state index in [2.05, 4.69) is 9.97 Å². The predicted octanol–water partition coefficient (Wildman–Crippen LogP) is 2.47. The van der Waals surface area contributed by atoms with Gasteiger partial charge in [0.2, 0.25) is 0 Å². The third kappa shape index (κ3) is 3.48. The highest BCUT2D eigenvalue weighted by Crippen LogP contribution is 2.26. The van der Waals surface area contributed by atoms with E-state index in [-0.39, 0.29) is 11.5 Å². The van der Waals surface area contributed by atoms with Gasteiger partial charge in [-0.05, 0) is 18.2 Å². The van der Waals surface area contributed by atoms with Gasteiger partial charge in [0, 0.05) is 18.5 Å². The number of carbonyl (C=O) groups is 1. The molecular formula is C14H14N2O3S. The molecule has 0 unspecified atom stereocenters. The summed E-state index contributed by atoms with van der Waals surface area (Å²) in [4.78, 5) is 20.3. The Labute approximate surface area is 121 Å². The molecule has 0 aliphatic carbocycles. The van der Waals surface area contributed by atoms with Crippen LogP contribution in [0.25, 0.3) is 0 Å². The molecule has 104 valence electrons. The third-order valence-electron chi connectivity index (χ3n) is 2.58. The number of hydrogen-bond acceptors (Lipinski definition) is 6. The van der Waals surface area contributed by atoms with Crippen LogP contribution in [0, 0.1) is 0 Å². The second kappa shape index (κ2) is 6.91. The van der Waals surface area contributed by atoms with E-state index >= 15 is 0 Å². The lowest BCUT2D eigenvalue weighted by Gasteiger charge is -2.09. The molecule has 2 rings (SSSR count). The maximum Gasteiger partial charge on any atom is 0.187 e. The van der Waals surface area contributed by atoms with Crippen molar-refractivity contribution < 1.29 is 14.3 Å². The zero-order chi connectivity index (χ0) is 14.4. The highest BCUT2D eigenvalue weighted by atomic mass is 32.2. The summed E-state index contributed by atoms with van der Waals surface area (Å²) >= 11 is 1.29. The molecule has 1 aromatic heterocycles. The van der Waals surface area contributed by atoms with E-state index in [0.29, 0.717) is 22.2 Å². The molecule has 0 spiro atoms. The zero-order valence-corrected chi connectivity index (χ0v) is 12.0. The van der Waals surface area contributed by atoms with E-state index in [1.54, 1.807) is 43.8 Å². The minimum atomic E-state index is -0.0399. The molecule has 0 aliphatic heterocycles. The van der Waals surface area contributed by atoms with Gasteiger partial charge in [-0.3, -0.25) is 4.79 Å². The predicted molar refractivity (Wildman–Crippen MR) is 76.6 cm³/mol. The maximum absolute atomic E-state index is 12.2. The standard InChI is InChI=1S/C14H14N2O3S/c1-18-10-4-5-11(13(8-10)19-2)12(17)9-20-14-15-6-3-7-16-14/h3-8H,9H2,1-2H3. The van der Waals surface area contributed by atoms with Gasteiger partial charge in [-0.25, -0.2) is 9.97 Å². The van der Waals surface area contributed by atoms with E-state index in [4.69, 9.17) is 9.47 Å². The van der Waals surface area contributed by atoms with Gasteiger partial charge in [-0.15, -0.1) is 0 Å². The normalized spacial score (nSPS) is 10.1. The maximum atomic E-state index is 12.2. The molecule has 0 bridgehead atoms. The van der Waals surface area contributed by atoms with E-state index in [0.717, 1.165) is 0 Å². The molecule has 5 nitrogen and oxygen atoms in total. The molecule has 6 heteroatoms. The molecule has 1 aromatic carbocycles. The number of thioether (sulfide) groups is 1. The molecule has 0 N–H and O–H groups in total. The van der Waals surface area contributed by atoms with Crippen LogP contribution in [-0.4, -0.2) is 35.7 Å². The molecule has 0 saturated carbocycles. The zero-order valence-electron chi connectivity index (χ0n) is 11.2. The van der Waals surface area contributed by atoms with Crippen LogP contribution in [0.4, 0.5) is 0 Å². The van der Waals surface area contributed by atoms with Crippen LogP contribution in [0.2, 0.25) is 0 Å². The summed E-state index contributed by atoms with van der Waals surface area (Å²) in [6.07, 6.45) is 3.29. The minimum absolute atomic E-state index is 0.0399. The summed E-state index contributed by atoms with van der Waals surface area (Å²) in [7, 11) is 3.10. The fraction of sp³-hybridized carbons (Fsp3) is 0.214. The van der Waals surface area contributed by atoms with Gasteiger partial charge in [0.05, 0.1) is 25.5 Å². The molecule has 0 radical (unpaired) electrons. The number of Topliss-reactive ketones (excluding diaryl/α,β-unsaturated/α-hetero) is 1. The number of methoxy groups -OCH3 is 2. The van der Waals surface area contributed by atoms with E-state index in [1.807, 2.05) is 0 Å². The van der Waals surface area contributed by atoms with Gasteiger partial charge in [0.15, 0.2) is 10.9 Å². The molecular weight excluding hydrogens is 276 g/mol. The lowest BCUT2D eigenvalue weighted by molar-refractivity contribution is 0.101. The molecule has 2 aromatic rings.